The van der Waals surface area contributed by atoms with Crippen molar-refractivity contribution in [2.45, 2.75) is 38.7 Å². The minimum atomic E-state index is -4.53. The van der Waals surface area contributed by atoms with Crippen LogP contribution in [-0.4, -0.2) is 45.2 Å². The van der Waals surface area contributed by atoms with Gasteiger partial charge in [-0.2, -0.15) is 23.1 Å². The van der Waals surface area contributed by atoms with E-state index in [1.165, 1.54) is 12.1 Å². The Balaban J connectivity index is 1.69. The summed E-state index contributed by atoms with van der Waals surface area (Å²) < 4.78 is 45.5. The number of fused-ring (bicyclic) bond motifs is 1. The van der Waals surface area contributed by atoms with E-state index in [4.69, 9.17) is 4.74 Å². The van der Waals surface area contributed by atoms with E-state index >= 15 is 0 Å². The van der Waals surface area contributed by atoms with Crippen LogP contribution in [0.5, 0.6) is 0 Å². The van der Waals surface area contributed by atoms with Crippen molar-refractivity contribution in [1.29, 1.82) is 0 Å². The molecule has 0 aromatic carbocycles. The van der Waals surface area contributed by atoms with Crippen LogP contribution in [0.1, 0.15) is 25.1 Å². The average Bonchev–Trinajstić information content (AvgIpc) is 2.73. The number of rotatable bonds is 4. The van der Waals surface area contributed by atoms with Gasteiger partial charge in [0.25, 0.3) is 0 Å². The molecule has 2 atom stereocenters. The Hall–Kier alpha value is -3.01. The van der Waals surface area contributed by atoms with Gasteiger partial charge in [0.05, 0.1) is 24.1 Å². The van der Waals surface area contributed by atoms with E-state index in [1.54, 1.807) is 18.3 Å². The number of pyridine rings is 2. The Morgan fingerprint density at radius 3 is 2.70 bits per heavy atom. The lowest BCUT2D eigenvalue weighted by molar-refractivity contribution is -0.141. The number of ether oxygens (including phenoxy) is 1. The van der Waals surface area contributed by atoms with Crippen LogP contribution in [0.15, 0.2) is 36.7 Å². The number of hydrogen-bond acceptors (Lipinski definition) is 7. The fraction of sp³-hybridized carbons (Fsp3) is 0.400. The summed E-state index contributed by atoms with van der Waals surface area (Å²) >= 11 is 0. The smallest absolute Gasteiger partial charge is 0.375 e. The number of nitrogens with zero attached hydrogens (tertiary/aromatic N) is 5. The minimum absolute atomic E-state index is 0.00271. The second-order valence-electron chi connectivity index (χ2n) is 7.12. The highest BCUT2D eigenvalue weighted by Gasteiger charge is 2.35. The number of halogens is 3. The van der Waals surface area contributed by atoms with E-state index in [-0.39, 0.29) is 24.3 Å². The van der Waals surface area contributed by atoms with Crippen molar-refractivity contribution in [3.8, 4) is 0 Å². The lowest BCUT2D eigenvalue weighted by Gasteiger charge is -2.37. The van der Waals surface area contributed by atoms with Gasteiger partial charge >= 0.3 is 6.18 Å². The van der Waals surface area contributed by atoms with Gasteiger partial charge in [0, 0.05) is 31.0 Å². The lowest BCUT2D eigenvalue weighted by Crippen LogP contribution is -2.49. The monoisotopic (exact) mass is 418 g/mol. The summed E-state index contributed by atoms with van der Waals surface area (Å²) in [4.78, 5) is 19.0. The largest absolute Gasteiger partial charge is 0.433 e. The van der Waals surface area contributed by atoms with E-state index < -0.39 is 11.9 Å². The summed E-state index contributed by atoms with van der Waals surface area (Å²) in [6, 6.07) is 6.45. The highest BCUT2D eigenvalue weighted by Crippen LogP contribution is 2.31. The molecule has 1 fully saturated rings. The van der Waals surface area contributed by atoms with Crippen molar-refractivity contribution in [2.75, 3.05) is 23.4 Å². The molecule has 0 saturated carbocycles. The minimum Gasteiger partial charge on any atom is -0.375 e. The fourth-order valence-corrected chi connectivity index (χ4v) is 3.44. The van der Waals surface area contributed by atoms with Gasteiger partial charge in [-0.15, -0.1) is 0 Å². The van der Waals surface area contributed by atoms with Crippen LogP contribution >= 0.6 is 0 Å². The number of nitrogens with one attached hydrogen (secondary N) is 1. The molecule has 4 rings (SSSR count). The Morgan fingerprint density at radius 1 is 1.13 bits per heavy atom. The maximum Gasteiger partial charge on any atom is 0.433 e. The molecule has 4 heterocycles. The van der Waals surface area contributed by atoms with Crippen molar-refractivity contribution in [3.05, 3.63) is 47.9 Å². The van der Waals surface area contributed by atoms with Crippen LogP contribution in [-0.2, 0) is 17.5 Å². The first-order valence-electron chi connectivity index (χ1n) is 9.60. The third-order valence-electron chi connectivity index (χ3n) is 5.21. The first-order chi connectivity index (χ1) is 14.3. The molecular formula is C20H21F3N6O. The maximum atomic E-state index is 13.3. The fourth-order valence-electron chi connectivity index (χ4n) is 3.44. The Bertz CT molecular complexity index is 1040. The van der Waals surface area contributed by atoms with E-state index in [0.717, 1.165) is 6.20 Å². The topological polar surface area (TPSA) is 76.1 Å². The van der Waals surface area contributed by atoms with E-state index in [1.807, 2.05) is 18.7 Å². The van der Waals surface area contributed by atoms with E-state index in [9.17, 15) is 13.2 Å². The summed E-state index contributed by atoms with van der Waals surface area (Å²) in [7, 11) is 0. The van der Waals surface area contributed by atoms with E-state index in [0.29, 0.717) is 36.0 Å². The number of aromatic nitrogens is 4. The molecule has 1 aliphatic rings. The van der Waals surface area contributed by atoms with Gasteiger partial charge in [-0.1, -0.05) is 6.07 Å². The molecule has 1 N–H and O–H groups in total. The number of alkyl halides is 3. The van der Waals surface area contributed by atoms with Crippen LogP contribution in [0.2, 0.25) is 0 Å². The number of anilines is 2. The number of hydrogen-bond donors (Lipinski definition) is 1. The predicted molar refractivity (Wildman–Crippen MR) is 106 cm³/mol. The van der Waals surface area contributed by atoms with Crippen molar-refractivity contribution in [3.63, 3.8) is 0 Å². The second kappa shape index (κ2) is 8.02. The van der Waals surface area contributed by atoms with Crippen LogP contribution in [0.3, 0.4) is 0 Å². The SMILES string of the molecule is C[C@H]1OCCN(c2nc(NCc3cccnc3C(F)(F)F)c3cccnc3n2)[C@H]1C. The highest BCUT2D eigenvalue weighted by atomic mass is 19.4. The normalized spacial score (nSPS) is 19.8. The van der Waals surface area contributed by atoms with Gasteiger partial charge in [-0.05, 0) is 32.0 Å². The first kappa shape index (κ1) is 20.3. The molecule has 0 amide bonds. The summed E-state index contributed by atoms with van der Waals surface area (Å²) in [5.41, 5.74) is -0.404. The highest BCUT2D eigenvalue weighted by molar-refractivity contribution is 5.87. The van der Waals surface area contributed by atoms with Gasteiger partial charge in [-0.3, -0.25) is 4.98 Å². The predicted octanol–water partition coefficient (Wildman–Crippen LogP) is 3.66. The van der Waals surface area contributed by atoms with Crippen molar-refractivity contribution in [1.82, 2.24) is 19.9 Å². The van der Waals surface area contributed by atoms with Gasteiger partial charge in [0.15, 0.2) is 5.65 Å². The third-order valence-corrected chi connectivity index (χ3v) is 5.21. The van der Waals surface area contributed by atoms with Crippen molar-refractivity contribution < 1.29 is 17.9 Å². The van der Waals surface area contributed by atoms with E-state index in [2.05, 4.69) is 25.3 Å². The van der Waals surface area contributed by atoms with Crippen LogP contribution in [0.25, 0.3) is 11.0 Å². The number of morpholine rings is 1. The zero-order valence-corrected chi connectivity index (χ0v) is 16.5. The maximum absolute atomic E-state index is 13.3. The molecule has 0 bridgehead atoms. The summed E-state index contributed by atoms with van der Waals surface area (Å²) in [5, 5.41) is 3.67. The lowest BCUT2D eigenvalue weighted by atomic mass is 10.1. The second-order valence-corrected chi connectivity index (χ2v) is 7.12. The molecule has 10 heteroatoms. The van der Waals surface area contributed by atoms with Crippen molar-refractivity contribution >= 4 is 22.8 Å². The quantitative estimate of drug-likeness (QED) is 0.693. The third kappa shape index (κ3) is 4.00. The summed E-state index contributed by atoms with van der Waals surface area (Å²) in [6.45, 7) is 5.08. The molecule has 1 saturated heterocycles. The first-order valence-corrected chi connectivity index (χ1v) is 9.60. The zero-order valence-electron chi connectivity index (χ0n) is 16.5. The van der Waals surface area contributed by atoms with Gasteiger partial charge in [-0.25, -0.2) is 4.98 Å². The molecular weight excluding hydrogens is 397 g/mol. The average molecular weight is 418 g/mol. The molecule has 0 unspecified atom stereocenters. The molecule has 30 heavy (non-hydrogen) atoms. The van der Waals surface area contributed by atoms with Crippen molar-refractivity contribution in [2.24, 2.45) is 0 Å². The zero-order chi connectivity index (χ0) is 21.3. The molecule has 3 aromatic rings. The Labute approximate surface area is 171 Å². The molecule has 7 nitrogen and oxygen atoms in total. The summed E-state index contributed by atoms with van der Waals surface area (Å²) in [5.74, 6) is 0.889. The molecule has 3 aromatic heterocycles. The Kier molecular flexibility index (Phi) is 5.42. The summed E-state index contributed by atoms with van der Waals surface area (Å²) in [6.07, 6.45) is -1.77. The molecule has 1 aliphatic heterocycles. The van der Waals surface area contributed by atoms with Gasteiger partial charge in [0.2, 0.25) is 5.95 Å². The molecule has 0 spiro atoms. The standard InChI is InChI=1S/C20H21F3N6O/c1-12-13(2)30-10-9-29(12)19-27-17-15(6-4-8-25-17)18(28-19)26-11-14-5-3-7-24-16(14)20(21,22)23/h3-8,12-13H,9-11H2,1-2H3,(H,25,26,27,28)/t12-,13+/m0/s1. The van der Waals surface area contributed by atoms with Crippen LogP contribution < -0.4 is 10.2 Å². The molecule has 158 valence electrons. The molecule has 0 aliphatic carbocycles. The van der Waals surface area contributed by atoms with Crippen LogP contribution in [0.4, 0.5) is 24.9 Å². The van der Waals surface area contributed by atoms with Gasteiger partial charge < -0.3 is 15.0 Å². The van der Waals surface area contributed by atoms with Gasteiger partial charge in [0.1, 0.15) is 11.5 Å². The molecule has 0 radical (unpaired) electrons. The Morgan fingerprint density at radius 2 is 1.90 bits per heavy atom. The van der Waals surface area contributed by atoms with Crippen LogP contribution in [0, 0.1) is 0 Å².